The lowest BCUT2D eigenvalue weighted by molar-refractivity contribution is 0.0672. The molecule has 1 saturated heterocycles. The van der Waals surface area contributed by atoms with E-state index in [9.17, 15) is 18.0 Å². The highest BCUT2D eigenvalue weighted by atomic mass is 35.5. The third-order valence-corrected chi connectivity index (χ3v) is 9.71. The standard InChI is InChI=1S/C34H38ClN3O6S/c1-24-15-16-30-28(22-24)25(2)32(38(30)19-20-43-31-14-7-6-13-29(31)35)33(39)36-45(41,42)21-17-27-12-8-9-18-37(27)34(40)44-23-26-10-4-3-5-11-26/h3-7,10-11,13-16,22,27H,8-9,12,17-21,23H2,1-2H3,(H,36,39)/t27-/m1/s1. The van der Waals surface area contributed by atoms with Crippen LogP contribution in [-0.4, -0.2) is 54.8 Å². The van der Waals surface area contributed by atoms with Gasteiger partial charge in [-0.05, 0) is 74.9 Å². The van der Waals surface area contributed by atoms with Gasteiger partial charge in [0.2, 0.25) is 10.0 Å². The molecule has 0 spiro atoms. The number of amides is 2. The molecule has 0 radical (unpaired) electrons. The third-order valence-electron chi connectivity index (χ3n) is 8.13. The molecule has 1 N–H and O–H groups in total. The van der Waals surface area contributed by atoms with Gasteiger partial charge in [0.05, 0.1) is 17.3 Å². The minimum absolute atomic E-state index is 0.146. The van der Waals surface area contributed by atoms with Crippen LogP contribution < -0.4 is 9.46 Å². The molecule has 2 amide bonds. The van der Waals surface area contributed by atoms with Crippen molar-refractivity contribution in [1.29, 1.82) is 0 Å². The number of piperidine rings is 1. The number of ether oxygens (including phenoxy) is 2. The predicted octanol–water partition coefficient (Wildman–Crippen LogP) is 6.63. The second kappa shape index (κ2) is 14.4. The van der Waals surface area contributed by atoms with E-state index in [4.69, 9.17) is 21.1 Å². The first-order valence-electron chi connectivity index (χ1n) is 15.1. The average Bonchev–Trinajstić information content (AvgIpc) is 3.30. The number of nitrogens with one attached hydrogen (secondary N) is 1. The van der Waals surface area contributed by atoms with Gasteiger partial charge < -0.3 is 18.9 Å². The van der Waals surface area contributed by atoms with Crippen LogP contribution in [-0.2, 0) is 27.9 Å². The van der Waals surface area contributed by atoms with Gasteiger partial charge in [0.15, 0.2) is 0 Å². The Bertz CT molecular complexity index is 1770. The summed E-state index contributed by atoms with van der Waals surface area (Å²) in [4.78, 5) is 28.2. The van der Waals surface area contributed by atoms with Gasteiger partial charge in [-0.25, -0.2) is 17.9 Å². The fourth-order valence-corrected chi connectivity index (χ4v) is 7.10. The van der Waals surface area contributed by atoms with Crippen molar-refractivity contribution in [1.82, 2.24) is 14.2 Å². The topological polar surface area (TPSA) is 107 Å². The molecule has 3 aromatic carbocycles. The van der Waals surface area contributed by atoms with Crippen LogP contribution in [0.4, 0.5) is 4.79 Å². The number of aryl methyl sites for hydroxylation is 2. The summed E-state index contributed by atoms with van der Waals surface area (Å²) < 4.78 is 42.0. The Hall–Kier alpha value is -4.02. The lowest BCUT2D eigenvalue weighted by atomic mass is 10.0. The van der Waals surface area contributed by atoms with Gasteiger partial charge in [-0.1, -0.05) is 65.7 Å². The maximum atomic E-state index is 13.6. The largest absolute Gasteiger partial charge is 0.490 e. The maximum absolute atomic E-state index is 13.6. The number of fused-ring (bicyclic) bond motifs is 1. The van der Waals surface area contributed by atoms with E-state index in [0.29, 0.717) is 35.8 Å². The number of hydrogen-bond acceptors (Lipinski definition) is 6. The summed E-state index contributed by atoms with van der Waals surface area (Å²) in [6.07, 6.45) is 2.11. The molecule has 0 unspecified atom stereocenters. The van der Waals surface area contributed by atoms with Crippen molar-refractivity contribution in [3.8, 4) is 5.75 Å². The summed E-state index contributed by atoms with van der Waals surface area (Å²) >= 11 is 6.24. The monoisotopic (exact) mass is 651 g/mol. The molecule has 5 rings (SSSR count). The van der Waals surface area contributed by atoms with Gasteiger partial charge in [-0.2, -0.15) is 0 Å². The van der Waals surface area contributed by atoms with Crippen LogP contribution in [0.25, 0.3) is 10.9 Å². The summed E-state index contributed by atoms with van der Waals surface area (Å²) in [6.45, 7) is 4.94. The van der Waals surface area contributed by atoms with Gasteiger partial charge in [-0.15, -0.1) is 0 Å². The Balaban J connectivity index is 1.27. The van der Waals surface area contributed by atoms with E-state index in [0.717, 1.165) is 34.9 Å². The van der Waals surface area contributed by atoms with E-state index in [1.54, 1.807) is 21.6 Å². The first kappa shape index (κ1) is 32.4. The average molecular weight is 652 g/mol. The Morgan fingerprint density at radius 2 is 1.76 bits per heavy atom. The Labute approximate surface area is 269 Å². The molecule has 1 aliphatic rings. The number of halogens is 1. The van der Waals surface area contributed by atoms with Crippen LogP contribution >= 0.6 is 11.6 Å². The molecule has 2 heterocycles. The molecule has 9 nitrogen and oxygen atoms in total. The molecular formula is C34H38ClN3O6S. The van der Waals surface area contributed by atoms with Gasteiger partial charge in [0.1, 0.15) is 24.7 Å². The van der Waals surface area contributed by atoms with Gasteiger partial charge in [-0.3, -0.25) is 4.79 Å². The van der Waals surface area contributed by atoms with Crippen molar-refractivity contribution in [2.75, 3.05) is 18.9 Å². The third kappa shape index (κ3) is 7.99. The Kier molecular flexibility index (Phi) is 10.4. The van der Waals surface area contributed by atoms with Crippen LogP contribution in [0.5, 0.6) is 5.75 Å². The summed E-state index contributed by atoms with van der Waals surface area (Å²) in [5, 5.41) is 1.34. The van der Waals surface area contributed by atoms with Crippen molar-refractivity contribution in [2.24, 2.45) is 0 Å². The van der Waals surface area contributed by atoms with Crippen LogP contribution in [0.2, 0.25) is 5.02 Å². The highest BCUT2D eigenvalue weighted by molar-refractivity contribution is 7.90. The first-order chi connectivity index (χ1) is 21.6. The summed E-state index contributed by atoms with van der Waals surface area (Å²) in [7, 11) is -4.02. The van der Waals surface area contributed by atoms with Crippen LogP contribution in [0.15, 0.2) is 72.8 Å². The molecule has 238 valence electrons. The van der Waals surface area contributed by atoms with E-state index in [1.165, 1.54) is 0 Å². The molecule has 4 aromatic rings. The second-order valence-electron chi connectivity index (χ2n) is 11.3. The van der Waals surface area contributed by atoms with E-state index >= 15 is 0 Å². The normalized spacial score (nSPS) is 15.2. The number of carbonyl (C=O) groups is 2. The maximum Gasteiger partial charge on any atom is 0.410 e. The van der Waals surface area contributed by atoms with E-state index in [-0.39, 0.29) is 37.1 Å². The smallest absolute Gasteiger partial charge is 0.410 e. The highest BCUT2D eigenvalue weighted by Gasteiger charge is 2.30. The van der Waals surface area contributed by atoms with Crippen molar-refractivity contribution in [2.45, 2.75) is 58.7 Å². The van der Waals surface area contributed by atoms with Crippen LogP contribution in [0.3, 0.4) is 0 Å². The first-order valence-corrected chi connectivity index (χ1v) is 17.1. The molecule has 1 atom stereocenters. The number of benzene rings is 3. The number of aromatic nitrogens is 1. The zero-order valence-corrected chi connectivity index (χ0v) is 27.1. The summed E-state index contributed by atoms with van der Waals surface area (Å²) in [5.41, 5.74) is 3.64. The molecule has 0 bridgehead atoms. The lowest BCUT2D eigenvalue weighted by Crippen LogP contribution is -2.45. The number of hydrogen-bond donors (Lipinski definition) is 1. The minimum Gasteiger partial charge on any atom is -0.490 e. The predicted molar refractivity (Wildman–Crippen MR) is 175 cm³/mol. The van der Waals surface area contributed by atoms with Crippen molar-refractivity contribution >= 4 is 44.5 Å². The number of likely N-dealkylation sites (tertiary alicyclic amines) is 1. The molecule has 0 saturated carbocycles. The molecule has 1 aromatic heterocycles. The second-order valence-corrected chi connectivity index (χ2v) is 13.6. The molecule has 1 fully saturated rings. The molecular weight excluding hydrogens is 614 g/mol. The highest BCUT2D eigenvalue weighted by Crippen LogP contribution is 2.28. The summed E-state index contributed by atoms with van der Waals surface area (Å²) in [5.74, 6) is -0.487. The quantitative estimate of drug-likeness (QED) is 0.195. The molecule has 11 heteroatoms. The van der Waals surface area contributed by atoms with Crippen molar-refractivity contribution < 1.29 is 27.5 Å². The number of sulfonamides is 1. The zero-order chi connectivity index (χ0) is 32.0. The number of para-hydroxylation sites is 1. The fraction of sp³-hybridized carbons (Fsp3) is 0.353. The molecule has 45 heavy (non-hydrogen) atoms. The number of carbonyl (C=O) groups excluding carboxylic acids is 2. The van der Waals surface area contributed by atoms with Gasteiger partial charge >= 0.3 is 6.09 Å². The number of nitrogens with zero attached hydrogens (tertiary/aromatic N) is 2. The lowest BCUT2D eigenvalue weighted by Gasteiger charge is -2.34. The van der Waals surface area contributed by atoms with Crippen LogP contribution in [0.1, 0.15) is 52.9 Å². The van der Waals surface area contributed by atoms with Gasteiger partial charge in [0, 0.05) is 23.5 Å². The van der Waals surface area contributed by atoms with E-state index in [2.05, 4.69) is 4.72 Å². The van der Waals surface area contributed by atoms with E-state index in [1.807, 2.05) is 74.5 Å². The van der Waals surface area contributed by atoms with Crippen molar-refractivity contribution in [3.05, 3.63) is 100 Å². The van der Waals surface area contributed by atoms with Gasteiger partial charge in [0.25, 0.3) is 5.91 Å². The van der Waals surface area contributed by atoms with Crippen LogP contribution in [0, 0.1) is 13.8 Å². The van der Waals surface area contributed by atoms with Crippen molar-refractivity contribution in [3.63, 3.8) is 0 Å². The Morgan fingerprint density at radius 1 is 1.00 bits per heavy atom. The Morgan fingerprint density at radius 3 is 2.53 bits per heavy atom. The summed E-state index contributed by atoms with van der Waals surface area (Å²) in [6, 6.07) is 22.1. The number of rotatable bonds is 11. The van der Waals surface area contributed by atoms with E-state index < -0.39 is 22.0 Å². The SMILES string of the molecule is Cc1ccc2c(c1)c(C)c(C(=O)NS(=O)(=O)CC[C@H]1CCCCN1C(=O)OCc1ccccc1)n2CCOc1ccccc1Cl. The molecule has 1 aliphatic heterocycles. The fourth-order valence-electron chi connectivity index (χ4n) is 5.84. The molecule has 0 aliphatic carbocycles. The zero-order valence-electron chi connectivity index (χ0n) is 25.5. The minimum atomic E-state index is -4.02.